The first-order chi connectivity index (χ1) is 7.37. The summed E-state index contributed by atoms with van der Waals surface area (Å²) in [5, 5.41) is 7.93. The van der Waals surface area contributed by atoms with E-state index in [4.69, 9.17) is 0 Å². The van der Waals surface area contributed by atoms with E-state index in [-0.39, 0.29) is 0 Å². The Kier molecular flexibility index (Phi) is 4.44. The summed E-state index contributed by atoms with van der Waals surface area (Å²) in [5.74, 6) is 0. The van der Waals surface area contributed by atoms with E-state index < -0.39 is 0 Å². The van der Waals surface area contributed by atoms with Crippen LogP contribution in [0.25, 0.3) is 0 Å². The zero-order valence-corrected chi connectivity index (χ0v) is 12.0. The van der Waals surface area contributed by atoms with Crippen molar-refractivity contribution in [2.45, 2.75) is 39.0 Å². The van der Waals surface area contributed by atoms with Crippen molar-refractivity contribution in [2.24, 2.45) is 7.05 Å². The number of hydrogen-bond donors (Lipinski definition) is 1. The number of rotatable bonds is 5. The van der Waals surface area contributed by atoms with Gasteiger partial charge in [-0.15, -0.1) is 0 Å². The summed E-state index contributed by atoms with van der Waals surface area (Å²) in [7, 11) is 2.00. The molecule has 0 unspecified atom stereocenters. The van der Waals surface area contributed by atoms with Crippen molar-refractivity contribution in [3.05, 3.63) is 17.0 Å². The number of nitrogens with zero attached hydrogens (tertiary/aromatic N) is 2. The largest absolute Gasteiger partial charge is 0.311 e. The minimum absolute atomic E-state index is 0.296. The van der Waals surface area contributed by atoms with Crippen LogP contribution in [0.4, 0.5) is 0 Å². The van der Waals surface area contributed by atoms with Crippen LogP contribution in [0.2, 0.25) is 0 Å². The Bertz CT molecular complexity index is 355. The highest BCUT2D eigenvalue weighted by Crippen LogP contribution is 2.20. The molecule has 0 amide bonds. The molecule has 1 N–H and O–H groups in total. The van der Waals surface area contributed by atoms with E-state index in [2.05, 4.69) is 44.4 Å². The van der Waals surface area contributed by atoms with Crippen LogP contribution < -0.4 is 5.32 Å². The van der Waals surface area contributed by atoms with Crippen molar-refractivity contribution in [2.75, 3.05) is 12.8 Å². The summed E-state index contributed by atoms with van der Waals surface area (Å²) in [6, 6.07) is 0. The van der Waals surface area contributed by atoms with Gasteiger partial charge in [0.15, 0.2) is 0 Å². The van der Waals surface area contributed by atoms with Gasteiger partial charge in [0.2, 0.25) is 0 Å². The predicted molar refractivity (Wildman–Crippen MR) is 72.0 cm³/mol. The normalized spacial score (nSPS) is 12.1. The summed E-state index contributed by atoms with van der Waals surface area (Å²) >= 11 is 1.89. The van der Waals surface area contributed by atoms with Gasteiger partial charge >= 0.3 is 0 Å². The molecule has 0 atom stereocenters. The molecule has 0 aliphatic rings. The second-order valence-electron chi connectivity index (χ2n) is 4.84. The minimum Gasteiger partial charge on any atom is -0.311 e. The molecular formula is C12H23N3S. The maximum absolute atomic E-state index is 4.42. The van der Waals surface area contributed by atoms with Crippen LogP contribution in [-0.4, -0.2) is 27.3 Å². The molecule has 0 saturated heterocycles. The summed E-state index contributed by atoms with van der Waals surface area (Å²) in [5.41, 5.74) is 3.72. The molecule has 92 valence electrons. The second-order valence-corrected chi connectivity index (χ2v) is 6.35. The minimum atomic E-state index is 0.296. The SMILES string of the molecule is CSC(C)(C)CNCc1c(C)nn(C)c1C. The summed E-state index contributed by atoms with van der Waals surface area (Å²) in [6.07, 6.45) is 2.16. The molecule has 0 radical (unpaired) electrons. The molecule has 0 aliphatic carbocycles. The van der Waals surface area contributed by atoms with Gasteiger partial charge in [0.1, 0.15) is 0 Å². The van der Waals surface area contributed by atoms with E-state index in [1.807, 2.05) is 23.5 Å². The van der Waals surface area contributed by atoms with Gasteiger partial charge in [-0.1, -0.05) is 0 Å². The first-order valence-electron chi connectivity index (χ1n) is 5.62. The maximum atomic E-state index is 4.42. The smallest absolute Gasteiger partial charge is 0.0641 e. The van der Waals surface area contributed by atoms with Crippen LogP contribution in [0.3, 0.4) is 0 Å². The Labute approximate surface area is 103 Å². The first-order valence-corrected chi connectivity index (χ1v) is 6.85. The molecular weight excluding hydrogens is 218 g/mol. The Morgan fingerprint density at radius 1 is 1.38 bits per heavy atom. The number of thioether (sulfide) groups is 1. The molecule has 0 spiro atoms. The van der Waals surface area contributed by atoms with Gasteiger partial charge in [0.05, 0.1) is 5.69 Å². The van der Waals surface area contributed by atoms with Gasteiger partial charge in [-0.25, -0.2) is 0 Å². The van der Waals surface area contributed by atoms with E-state index in [9.17, 15) is 0 Å². The fraction of sp³-hybridized carbons (Fsp3) is 0.750. The fourth-order valence-electron chi connectivity index (χ4n) is 1.63. The van der Waals surface area contributed by atoms with Crippen LogP contribution in [0.1, 0.15) is 30.8 Å². The molecule has 1 heterocycles. The molecule has 1 rings (SSSR count). The Morgan fingerprint density at radius 3 is 2.44 bits per heavy atom. The third-order valence-corrected chi connectivity index (χ3v) is 4.31. The topological polar surface area (TPSA) is 29.9 Å². The first kappa shape index (κ1) is 13.6. The van der Waals surface area contributed by atoms with Crippen molar-refractivity contribution in [1.82, 2.24) is 15.1 Å². The van der Waals surface area contributed by atoms with E-state index in [1.54, 1.807) is 0 Å². The van der Waals surface area contributed by atoms with E-state index in [0.717, 1.165) is 18.8 Å². The lowest BCUT2D eigenvalue weighted by molar-refractivity contribution is 0.588. The summed E-state index contributed by atoms with van der Waals surface area (Å²) in [4.78, 5) is 0. The van der Waals surface area contributed by atoms with Crippen LogP contribution in [0.5, 0.6) is 0 Å². The van der Waals surface area contributed by atoms with Crippen molar-refractivity contribution in [3.63, 3.8) is 0 Å². The van der Waals surface area contributed by atoms with Crippen molar-refractivity contribution in [3.8, 4) is 0 Å². The number of aromatic nitrogens is 2. The molecule has 0 aromatic carbocycles. The monoisotopic (exact) mass is 241 g/mol. The molecule has 16 heavy (non-hydrogen) atoms. The quantitative estimate of drug-likeness (QED) is 0.857. The summed E-state index contributed by atoms with van der Waals surface area (Å²) < 4.78 is 2.25. The van der Waals surface area contributed by atoms with Gasteiger partial charge in [-0.05, 0) is 34.0 Å². The third-order valence-electron chi connectivity index (χ3n) is 3.06. The van der Waals surface area contributed by atoms with E-state index >= 15 is 0 Å². The standard InChI is InChI=1S/C12H23N3S/c1-9-11(10(2)15(5)14-9)7-13-8-12(3,4)16-6/h13H,7-8H2,1-6H3. The highest BCUT2D eigenvalue weighted by Gasteiger charge is 2.16. The Balaban J connectivity index is 2.55. The van der Waals surface area contributed by atoms with Crippen molar-refractivity contribution in [1.29, 1.82) is 0 Å². The molecule has 0 fully saturated rings. The number of nitrogens with one attached hydrogen (secondary N) is 1. The van der Waals surface area contributed by atoms with Gasteiger partial charge in [-0.3, -0.25) is 4.68 Å². The van der Waals surface area contributed by atoms with E-state index in [1.165, 1.54) is 11.3 Å². The van der Waals surface area contributed by atoms with E-state index in [0.29, 0.717) is 4.75 Å². The van der Waals surface area contributed by atoms with Gasteiger partial charge in [0.25, 0.3) is 0 Å². The highest BCUT2D eigenvalue weighted by molar-refractivity contribution is 7.99. The average Bonchev–Trinajstić information content (AvgIpc) is 2.44. The van der Waals surface area contributed by atoms with Gasteiger partial charge < -0.3 is 5.32 Å². The van der Waals surface area contributed by atoms with Gasteiger partial charge in [-0.2, -0.15) is 16.9 Å². The Hall–Kier alpha value is -0.480. The van der Waals surface area contributed by atoms with Crippen molar-refractivity contribution < 1.29 is 0 Å². The molecule has 1 aromatic heterocycles. The summed E-state index contributed by atoms with van der Waals surface area (Å²) in [6.45, 7) is 10.6. The second kappa shape index (κ2) is 5.23. The molecule has 1 aromatic rings. The maximum Gasteiger partial charge on any atom is 0.0641 e. The molecule has 3 nitrogen and oxygen atoms in total. The predicted octanol–water partition coefficient (Wildman–Crippen LogP) is 2.27. The lowest BCUT2D eigenvalue weighted by Gasteiger charge is -2.22. The Morgan fingerprint density at radius 2 is 2.00 bits per heavy atom. The zero-order valence-electron chi connectivity index (χ0n) is 11.2. The molecule has 0 saturated carbocycles. The van der Waals surface area contributed by atoms with Crippen LogP contribution in [-0.2, 0) is 13.6 Å². The molecule has 4 heteroatoms. The fourth-order valence-corrected chi connectivity index (χ4v) is 1.88. The molecule has 0 aliphatic heterocycles. The lowest BCUT2D eigenvalue weighted by Crippen LogP contribution is -2.31. The van der Waals surface area contributed by atoms with Crippen molar-refractivity contribution >= 4 is 11.8 Å². The zero-order chi connectivity index (χ0) is 12.3. The third kappa shape index (κ3) is 3.25. The highest BCUT2D eigenvalue weighted by atomic mass is 32.2. The van der Waals surface area contributed by atoms with Gasteiger partial charge in [0, 0.05) is 36.1 Å². The molecule has 0 bridgehead atoms. The number of hydrogen-bond acceptors (Lipinski definition) is 3. The van der Waals surface area contributed by atoms with Crippen LogP contribution in [0, 0.1) is 13.8 Å². The number of aryl methyl sites for hydroxylation is 2. The average molecular weight is 241 g/mol. The van der Waals surface area contributed by atoms with Crippen LogP contribution in [0.15, 0.2) is 0 Å². The van der Waals surface area contributed by atoms with Crippen LogP contribution >= 0.6 is 11.8 Å². The lowest BCUT2D eigenvalue weighted by atomic mass is 10.1.